The molecule has 2 heterocycles. The quantitative estimate of drug-likeness (QED) is 0.873. The van der Waals surface area contributed by atoms with Crippen LogP contribution in [0.2, 0.25) is 0 Å². The molecule has 1 aromatic rings. The predicted molar refractivity (Wildman–Crippen MR) is 78.8 cm³/mol. The average molecular weight is 318 g/mol. The summed E-state index contributed by atoms with van der Waals surface area (Å²) in [4.78, 5) is 11.3. The lowest BCUT2D eigenvalue weighted by Gasteiger charge is -2.20. The molecule has 0 aliphatic carbocycles. The summed E-state index contributed by atoms with van der Waals surface area (Å²) < 4.78 is 10.3. The average Bonchev–Trinajstić information content (AvgIpc) is 2.91. The van der Waals surface area contributed by atoms with Gasteiger partial charge in [0.1, 0.15) is 6.04 Å². The van der Waals surface area contributed by atoms with Crippen LogP contribution in [0.25, 0.3) is 0 Å². The Labute approximate surface area is 127 Å². The summed E-state index contributed by atoms with van der Waals surface area (Å²) in [5.41, 5.74) is 1.01. The molecule has 0 bridgehead atoms. The van der Waals surface area contributed by atoms with E-state index in [9.17, 15) is 9.90 Å². The Bertz CT molecular complexity index is 537. The van der Waals surface area contributed by atoms with E-state index in [1.54, 1.807) is 11.8 Å². The van der Waals surface area contributed by atoms with Gasteiger partial charge in [-0.15, -0.1) is 24.2 Å². The van der Waals surface area contributed by atoms with Gasteiger partial charge >= 0.3 is 5.97 Å². The fourth-order valence-corrected chi connectivity index (χ4v) is 3.77. The topological polar surface area (TPSA) is 67.8 Å². The number of halogens is 1. The van der Waals surface area contributed by atoms with Gasteiger partial charge in [0.15, 0.2) is 11.5 Å². The second kappa shape index (κ2) is 5.35. The molecule has 2 N–H and O–H groups in total. The molecule has 1 aromatic carbocycles. The standard InChI is InChI=1S/C13H15NO4S.ClH/c1-13(2)10(12(15)16)14-11(19-13)7-3-4-8-9(5-7)18-6-17-8;/h3-5,10-11,14H,6H2,1-2H3,(H,15,16);1H. The maximum Gasteiger partial charge on any atom is 0.322 e. The number of benzene rings is 1. The number of carbonyl (C=O) groups is 1. The van der Waals surface area contributed by atoms with Crippen molar-refractivity contribution < 1.29 is 19.4 Å². The molecule has 1 fully saturated rings. The van der Waals surface area contributed by atoms with E-state index >= 15 is 0 Å². The highest BCUT2D eigenvalue weighted by atomic mass is 35.5. The number of fused-ring (bicyclic) bond motifs is 1. The van der Waals surface area contributed by atoms with Crippen molar-refractivity contribution >= 4 is 30.1 Å². The summed E-state index contributed by atoms with van der Waals surface area (Å²) in [6, 6.07) is 5.15. The van der Waals surface area contributed by atoms with Gasteiger partial charge in [0.2, 0.25) is 6.79 Å². The fourth-order valence-electron chi connectivity index (χ4n) is 2.37. The SMILES string of the molecule is CC1(C)SC(c2ccc3c(c2)OCO3)NC1C(=O)O.Cl. The number of thioether (sulfide) groups is 1. The highest BCUT2D eigenvalue weighted by molar-refractivity contribution is 8.01. The van der Waals surface area contributed by atoms with Gasteiger partial charge in [-0.25, -0.2) is 0 Å². The first-order chi connectivity index (χ1) is 8.97. The predicted octanol–water partition coefficient (Wildman–Crippen LogP) is 2.40. The third kappa shape index (κ3) is 2.55. The second-order valence-corrected chi connectivity index (χ2v) is 6.91. The lowest BCUT2D eigenvalue weighted by atomic mass is 10.0. The van der Waals surface area contributed by atoms with E-state index in [0.717, 1.165) is 17.1 Å². The van der Waals surface area contributed by atoms with Crippen LogP contribution < -0.4 is 14.8 Å². The zero-order valence-electron chi connectivity index (χ0n) is 11.1. The van der Waals surface area contributed by atoms with Gasteiger partial charge in [0.05, 0.1) is 5.37 Å². The Balaban J connectivity index is 0.00000147. The lowest BCUT2D eigenvalue weighted by molar-refractivity contribution is -0.139. The number of hydrogen-bond donors (Lipinski definition) is 2. The van der Waals surface area contributed by atoms with Crippen LogP contribution in [-0.2, 0) is 4.79 Å². The van der Waals surface area contributed by atoms with Crippen molar-refractivity contribution in [3.63, 3.8) is 0 Å². The zero-order valence-corrected chi connectivity index (χ0v) is 12.7. The van der Waals surface area contributed by atoms with E-state index in [2.05, 4.69) is 5.32 Å². The molecular formula is C13H16ClNO4S. The molecule has 2 atom stereocenters. The lowest BCUT2D eigenvalue weighted by Crippen LogP contribution is -2.43. The van der Waals surface area contributed by atoms with Crippen molar-refractivity contribution in [2.75, 3.05) is 6.79 Å². The van der Waals surface area contributed by atoms with Gasteiger partial charge in [0.25, 0.3) is 0 Å². The van der Waals surface area contributed by atoms with Crippen LogP contribution in [0.5, 0.6) is 11.5 Å². The monoisotopic (exact) mass is 317 g/mol. The Kier molecular flexibility index (Phi) is 4.09. The molecule has 2 aliphatic heterocycles. The Morgan fingerprint density at radius 1 is 1.40 bits per heavy atom. The highest BCUT2D eigenvalue weighted by Crippen LogP contribution is 2.47. The Morgan fingerprint density at radius 2 is 2.10 bits per heavy atom. The first-order valence-corrected chi connectivity index (χ1v) is 6.91. The molecule has 2 unspecified atom stereocenters. The molecule has 20 heavy (non-hydrogen) atoms. The van der Waals surface area contributed by atoms with E-state index in [4.69, 9.17) is 9.47 Å². The van der Waals surface area contributed by atoms with Gasteiger partial charge in [-0.3, -0.25) is 10.1 Å². The van der Waals surface area contributed by atoms with Gasteiger partial charge in [-0.05, 0) is 31.5 Å². The maximum atomic E-state index is 11.3. The molecular weight excluding hydrogens is 302 g/mol. The fraction of sp³-hybridized carbons (Fsp3) is 0.462. The van der Waals surface area contributed by atoms with Gasteiger partial charge in [0, 0.05) is 4.75 Å². The summed E-state index contributed by atoms with van der Waals surface area (Å²) in [6.45, 7) is 4.13. The van der Waals surface area contributed by atoms with E-state index < -0.39 is 12.0 Å². The van der Waals surface area contributed by atoms with Crippen LogP contribution in [0, 0.1) is 0 Å². The van der Waals surface area contributed by atoms with Crippen molar-refractivity contribution in [3.05, 3.63) is 23.8 Å². The molecule has 0 radical (unpaired) electrons. The minimum Gasteiger partial charge on any atom is -0.480 e. The van der Waals surface area contributed by atoms with E-state index in [1.807, 2.05) is 32.0 Å². The van der Waals surface area contributed by atoms with E-state index in [-0.39, 0.29) is 29.3 Å². The van der Waals surface area contributed by atoms with Crippen molar-refractivity contribution in [1.29, 1.82) is 0 Å². The molecule has 0 aromatic heterocycles. The van der Waals surface area contributed by atoms with Crippen LogP contribution in [0.3, 0.4) is 0 Å². The summed E-state index contributed by atoms with van der Waals surface area (Å²) in [5.74, 6) is 0.637. The van der Waals surface area contributed by atoms with Crippen LogP contribution in [0.15, 0.2) is 18.2 Å². The maximum absolute atomic E-state index is 11.3. The summed E-state index contributed by atoms with van der Waals surface area (Å²) in [6.07, 6.45) is 0. The number of ether oxygens (including phenoxy) is 2. The number of aliphatic carboxylic acids is 1. The first kappa shape index (κ1) is 15.3. The smallest absolute Gasteiger partial charge is 0.322 e. The minimum absolute atomic E-state index is 0. The van der Waals surface area contributed by atoms with Crippen LogP contribution >= 0.6 is 24.2 Å². The van der Waals surface area contributed by atoms with Gasteiger partial charge in [-0.1, -0.05) is 6.07 Å². The molecule has 1 saturated heterocycles. The van der Waals surface area contributed by atoms with Crippen molar-refractivity contribution in [1.82, 2.24) is 5.32 Å². The molecule has 7 heteroatoms. The van der Waals surface area contributed by atoms with Gasteiger partial charge < -0.3 is 14.6 Å². The number of hydrogen-bond acceptors (Lipinski definition) is 5. The summed E-state index contributed by atoms with van der Waals surface area (Å²) >= 11 is 1.61. The molecule has 110 valence electrons. The first-order valence-electron chi connectivity index (χ1n) is 6.03. The summed E-state index contributed by atoms with van der Waals surface area (Å²) in [7, 11) is 0. The molecule has 5 nitrogen and oxygen atoms in total. The second-order valence-electron chi connectivity index (χ2n) is 5.15. The van der Waals surface area contributed by atoms with Crippen LogP contribution in [0.1, 0.15) is 24.8 Å². The Morgan fingerprint density at radius 3 is 2.75 bits per heavy atom. The van der Waals surface area contributed by atoms with E-state index in [0.29, 0.717) is 0 Å². The zero-order chi connectivity index (χ0) is 13.6. The van der Waals surface area contributed by atoms with Gasteiger partial charge in [-0.2, -0.15) is 0 Å². The normalized spacial score (nSPS) is 26.1. The van der Waals surface area contributed by atoms with Crippen LogP contribution in [0.4, 0.5) is 0 Å². The number of nitrogens with one attached hydrogen (secondary N) is 1. The minimum atomic E-state index is -0.819. The third-order valence-corrected chi connectivity index (χ3v) is 4.87. The molecule has 0 saturated carbocycles. The molecule has 3 rings (SSSR count). The highest BCUT2D eigenvalue weighted by Gasteiger charge is 2.45. The van der Waals surface area contributed by atoms with Crippen molar-refractivity contribution in [2.24, 2.45) is 0 Å². The molecule has 0 spiro atoms. The Hall–Kier alpha value is -1.11. The van der Waals surface area contributed by atoms with Crippen LogP contribution in [-0.4, -0.2) is 28.7 Å². The molecule has 2 aliphatic rings. The number of rotatable bonds is 2. The molecule has 0 amide bonds. The van der Waals surface area contributed by atoms with Crippen molar-refractivity contribution in [2.45, 2.75) is 30.0 Å². The largest absolute Gasteiger partial charge is 0.480 e. The third-order valence-electron chi connectivity index (χ3n) is 3.38. The van der Waals surface area contributed by atoms with Crippen molar-refractivity contribution in [3.8, 4) is 11.5 Å². The van der Waals surface area contributed by atoms with E-state index in [1.165, 1.54) is 0 Å². The number of carboxylic acids is 1. The summed E-state index contributed by atoms with van der Waals surface area (Å²) in [5, 5.41) is 12.4. The number of carboxylic acid groups (broad SMARTS) is 1.